The van der Waals surface area contributed by atoms with Crippen LogP contribution in [0.5, 0.6) is 0 Å². The van der Waals surface area contributed by atoms with Crippen LogP contribution < -0.4 is 10.6 Å². The number of urea groups is 1. The number of rotatable bonds is 7. The maximum Gasteiger partial charge on any atom is 0.317 e. The molecule has 0 bridgehead atoms. The molecular formula is C13H26N4O3. The van der Waals surface area contributed by atoms with Crippen LogP contribution in [0.15, 0.2) is 0 Å². The minimum atomic E-state index is -0.814. The highest BCUT2D eigenvalue weighted by Crippen LogP contribution is 2.03. The summed E-state index contributed by atoms with van der Waals surface area (Å²) < 4.78 is 0. The number of aliphatic carboxylic acids is 1. The first kappa shape index (κ1) is 16.7. The van der Waals surface area contributed by atoms with E-state index in [0.29, 0.717) is 26.2 Å². The number of nitrogens with one attached hydrogen (secondary N) is 2. The van der Waals surface area contributed by atoms with Crippen LogP contribution in [0, 0.1) is 0 Å². The van der Waals surface area contributed by atoms with Gasteiger partial charge in [0.15, 0.2) is 0 Å². The molecular weight excluding hydrogens is 260 g/mol. The Kier molecular flexibility index (Phi) is 7.98. The van der Waals surface area contributed by atoms with Gasteiger partial charge in [0, 0.05) is 32.7 Å². The zero-order chi connectivity index (χ0) is 14.8. The monoisotopic (exact) mass is 286 g/mol. The summed E-state index contributed by atoms with van der Waals surface area (Å²) in [5.41, 5.74) is 0. The predicted octanol–water partition coefficient (Wildman–Crippen LogP) is -0.212. The molecule has 116 valence electrons. The van der Waals surface area contributed by atoms with E-state index in [0.717, 1.165) is 32.5 Å². The van der Waals surface area contributed by atoms with E-state index in [-0.39, 0.29) is 12.6 Å². The minimum absolute atomic E-state index is 0.0429. The largest absolute Gasteiger partial charge is 0.480 e. The highest BCUT2D eigenvalue weighted by atomic mass is 16.4. The fourth-order valence-electron chi connectivity index (χ4n) is 2.22. The molecule has 1 rings (SSSR count). The van der Waals surface area contributed by atoms with Crippen molar-refractivity contribution in [3.05, 3.63) is 0 Å². The average molecular weight is 286 g/mol. The van der Waals surface area contributed by atoms with E-state index in [1.54, 1.807) is 4.90 Å². The Hall–Kier alpha value is -1.34. The molecule has 7 heteroatoms. The van der Waals surface area contributed by atoms with E-state index in [4.69, 9.17) is 5.11 Å². The molecule has 1 aliphatic heterocycles. The van der Waals surface area contributed by atoms with Crippen LogP contribution in [-0.4, -0.2) is 79.3 Å². The van der Waals surface area contributed by atoms with Crippen molar-refractivity contribution in [1.82, 2.24) is 20.4 Å². The maximum atomic E-state index is 12.0. The molecule has 0 saturated carbocycles. The van der Waals surface area contributed by atoms with Crippen molar-refractivity contribution in [2.45, 2.75) is 19.8 Å². The normalized spacial score (nSPS) is 16.8. The molecule has 0 aromatic carbocycles. The van der Waals surface area contributed by atoms with Gasteiger partial charge in [0.1, 0.15) is 0 Å². The Balaban J connectivity index is 2.22. The molecule has 0 aromatic heterocycles. The lowest BCUT2D eigenvalue weighted by molar-refractivity contribution is -0.138. The van der Waals surface area contributed by atoms with Crippen molar-refractivity contribution >= 4 is 12.0 Å². The van der Waals surface area contributed by atoms with Crippen molar-refractivity contribution in [3.63, 3.8) is 0 Å². The first-order chi connectivity index (χ1) is 9.63. The lowest BCUT2D eigenvalue weighted by atomic mass is 10.4. The van der Waals surface area contributed by atoms with Crippen molar-refractivity contribution in [2.24, 2.45) is 0 Å². The molecule has 3 N–H and O–H groups in total. The van der Waals surface area contributed by atoms with Crippen molar-refractivity contribution in [3.8, 4) is 0 Å². The van der Waals surface area contributed by atoms with E-state index in [9.17, 15) is 9.59 Å². The Morgan fingerprint density at radius 1 is 1.15 bits per heavy atom. The molecule has 1 saturated heterocycles. The lowest BCUT2D eigenvalue weighted by Gasteiger charge is -2.21. The summed E-state index contributed by atoms with van der Waals surface area (Å²) in [6.45, 7) is 7.26. The third-order valence-electron chi connectivity index (χ3n) is 3.29. The lowest BCUT2D eigenvalue weighted by Crippen LogP contribution is -2.43. The second-order valence-corrected chi connectivity index (χ2v) is 4.95. The van der Waals surface area contributed by atoms with Gasteiger partial charge in [0.25, 0.3) is 0 Å². The second kappa shape index (κ2) is 9.55. The number of carbonyl (C=O) groups is 2. The van der Waals surface area contributed by atoms with Gasteiger partial charge >= 0.3 is 12.0 Å². The number of nitrogens with zero attached hydrogens (tertiary/aromatic N) is 2. The van der Waals surface area contributed by atoms with Gasteiger partial charge < -0.3 is 20.6 Å². The van der Waals surface area contributed by atoms with Crippen LogP contribution in [-0.2, 0) is 4.79 Å². The summed E-state index contributed by atoms with van der Waals surface area (Å²) >= 11 is 0. The Bertz CT molecular complexity index is 312. The van der Waals surface area contributed by atoms with Gasteiger partial charge in [-0.1, -0.05) is 6.92 Å². The van der Waals surface area contributed by atoms with Crippen molar-refractivity contribution in [2.75, 3.05) is 52.4 Å². The van der Waals surface area contributed by atoms with Gasteiger partial charge in [-0.2, -0.15) is 0 Å². The molecule has 0 spiro atoms. The number of carbonyl (C=O) groups excluding carboxylic acids is 1. The summed E-state index contributed by atoms with van der Waals surface area (Å²) in [5, 5.41) is 14.9. The molecule has 2 amide bonds. The summed E-state index contributed by atoms with van der Waals surface area (Å²) in [6, 6.07) is -0.0429. The minimum Gasteiger partial charge on any atom is -0.480 e. The summed E-state index contributed by atoms with van der Waals surface area (Å²) in [5.74, 6) is -0.814. The molecule has 1 aliphatic rings. The first-order valence-corrected chi connectivity index (χ1v) is 7.31. The Morgan fingerprint density at radius 3 is 2.65 bits per heavy atom. The molecule has 0 aromatic rings. The fraction of sp³-hybridized carbons (Fsp3) is 0.846. The molecule has 0 unspecified atom stereocenters. The summed E-state index contributed by atoms with van der Waals surface area (Å²) in [6.07, 6.45) is 1.73. The second-order valence-electron chi connectivity index (χ2n) is 4.95. The third-order valence-corrected chi connectivity index (χ3v) is 3.29. The third kappa shape index (κ3) is 6.72. The van der Waals surface area contributed by atoms with Gasteiger partial charge in [-0.05, 0) is 25.9 Å². The average Bonchev–Trinajstić information content (AvgIpc) is 2.63. The van der Waals surface area contributed by atoms with E-state index < -0.39 is 5.97 Å². The Morgan fingerprint density at radius 2 is 1.95 bits per heavy atom. The van der Waals surface area contributed by atoms with Crippen LogP contribution in [0.25, 0.3) is 0 Å². The van der Waals surface area contributed by atoms with Gasteiger partial charge in [0.2, 0.25) is 0 Å². The van der Waals surface area contributed by atoms with Crippen molar-refractivity contribution in [1.29, 1.82) is 0 Å². The van der Waals surface area contributed by atoms with Gasteiger partial charge in [0.05, 0.1) is 6.54 Å². The van der Waals surface area contributed by atoms with Gasteiger partial charge in [-0.25, -0.2) is 4.79 Å². The molecule has 0 radical (unpaired) electrons. The molecule has 1 fully saturated rings. The number of carboxylic acid groups (broad SMARTS) is 1. The predicted molar refractivity (Wildman–Crippen MR) is 76.8 cm³/mol. The van der Waals surface area contributed by atoms with E-state index >= 15 is 0 Å². The quantitative estimate of drug-likeness (QED) is 0.564. The molecule has 20 heavy (non-hydrogen) atoms. The smallest absolute Gasteiger partial charge is 0.317 e. The van der Waals surface area contributed by atoms with Crippen LogP contribution in [0.2, 0.25) is 0 Å². The highest BCUT2D eigenvalue weighted by molar-refractivity contribution is 5.74. The maximum absolute atomic E-state index is 12.0. The molecule has 1 heterocycles. The molecule has 0 atom stereocenters. The van der Waals surface area contributed by atoms with Crippen LogP contribution in [0.1, 0.15) is 19.8 Å². The molecule has 0 aliphatic carbocycles. The first-order valence-electron chi connectivity index (χ1n) is 7.31. The van der Waals surface area contributed by atoms with E-state index in [2.05, 4.69) is 17.6 Å². The summed E-state index contributed by atoms with van der Waals surface area (Å²) in [4.78, 5) is 26.3. The summed E-state index contributed by atoms with van der Waals surface area (Å²) in [7, 11) is 0. The van der Waals surface area contributed by atoms with Crippen LogP contribution in [0.4, 0.5) is 4.79 Å². The topological polar surface area (TPSA) is 84.9 Å². The Labute approximate surface area is 120 Å². The number of amides is 2. The fourth-order valence-corrected chi connectivity index (χ4v) is 2.22. The van der Waals surface area contributed by atoms with Gasteiger partial charge in [-0.15, -0.1) is 0 Å². The zero-order valence-electron chi connectivity index (χ0n) is 12.2. The number of carboxylic acids is 1. The van der Waals surface area contributed by atoms with Crippen molar-refractivity contribution < 1.29 is 14.7 Å². The standard InChI is InChI=1S/C13H26N4O3/c1-2-14-5-3-6-15-13(20)17-8-4-7-16(9-10-17)11-12(18)19/h14H,2-11H2,1H3,(H,15,20)(H,18,19). The highest BCUT2D eigenvalue weighted by Gasteiger charge is 2.19. The molecule has 7 nitrogen and oxygen atoms in total. The van der Waals surface area contributed by atoms with Gasteiger partial charge in [-0.3, -0.25) is 9.69 Å². The zero-order valence-corrected chi connectivity index (χ0v) is 12.2. The number of hydrogen-bond donors (Lipinski definition) is 3. The van der Waals surface area contributed by atoms with Crippen LogP contribution >= 0.6 is 0 Å². The van der Waals surface area contributed by atoms with E-state index in [1.165, 1.54) is 0 Å². The van der Waals surface area contributed by atoms with Crippen LogP contribution in [0.3, 0.4) is 0 Å². The number of hydrogen-bond acceptors (Lipinski definition) is 4. The van der Waals surface area contributed by atoms with E-state index in [1.807, 2.05) is 4.90 Å². The SMILES string of the molecule is CCNCCCNC(=O)N1CCCN(CC(=O)O)CC1.